The van der Waals surface area contributed by atoms with Crippen LogP contribution < -0.4 is 10.4 Å². The molecule has 6 heteroatoms. The van der Waals surface area contributed by atoms with Crippen molar-refractivity contribution in [3.05, 3.63) is 112 Å². The molecule has 0 saturated carbocycles. The van der Waals surface area contributed by atoms with Gasteiger partial charge in [-0.1, -0.05) is 66.7 Å². The standard InChI is InChI=1S/C26H25N3O3/c1-26(20-12-5-2-6-13-20)21-14-8-7-11-19(21)10-4-3-9-16-27-18-29(26)28-17-15-22(30)24(31)23(28)25(27)32/h2-3,5-9,11-15,17,31H,4,10,16,18H2,1H3/b9-3-/t26-/m1/s1. The zero-order chi connectivity index (χ0) is 22.3. The van der Waals surface area contributed by atoms with Crippen LogP contribution in [0.3, 0.4) is 0 Å². The number of aryl methyl sites for hydroxylation is 1. The van der Waals surface area contributed by atoms with Gasteiger partial charge in [-0.25, -0.2) is 0 Å². The van der Waals surface area contributed by atoms with E-state index >= 15 is 0 Å². The molecule has 0 radical (unpaired) electrons. The van der Waals surface area contributed by atoms with Gasteiger partial charge in [-0.3, -0.25) is 19.3 Å². The molecule has 2 aliphatic heterocycles. The Kier molecular flexibility index (Phi) is 4.85. The number of carbonyl (C=O) groups excluding carboxylic acids is 1. The highest BCUT2D eigenvalue weighted by Gasteiger charge is 2.43. The second-order valence-corrected chi connectivity index (χ2v) is 8.40. The Balaban J connectivity index is 1.85. The van der Waals surface area contributed by atoms with E-state index in [1.807, 2.05) is 30.3 Å². The van der Waals surface area contributed by atoms with Gasteiger partial charge in [0.25, 0.3) is 5.91 Å². The molecule has 1 N–H and O–H groups in total. The summed E-state index contributed by atoms with van der Waals surface area (Å²) < 4.78 is 1.65. The number of allylic oxidation sites excluding steroid dienone is 1. The molecule has 2 bridgehead atoms. The molecule has 6 nitrogen and oxygen atoms in total. The highest BCUT2D eigenvalue weighted by molar-refractivity contribution is 5.96. The van der Waals surface area contributed by atoms with Gasteiger partial charge in [0.15, 0.2) is 11.4 Å². The lowest BCUT2D eigenvalue weighted by Gasteiger charge is -2.50. The van der Waals surface area contributed by atoms with Gasteiger partial charge in [0.2, 0.25) is 5.43 Å². The van der Waals surface area contributed by atoms with Crippen molar-refractivity contribution in [1.29, 1.82) is 0 Å². The van der Waals surface area contributed by atoms with Crippen LogP contribution in [0.4, 0.5) is 0 Å². The minimum Gasteiger partial charge on any atom is -0.502 e. The molecule has 1 atom stereocenters. The minimum absolute atomic E-state index is 0.00367. The Hall–Kier alpha value is -3.80. The molecule has 3 aromatic rings. The van der Waals surface area contributed by atoms with Crippen molar-refractivity contribution in [1.82, 2.24) is 9.58 Å². The van der Waals surface area contributed by atoms with Gasteiger partial charge < -0.3 is 10.0 Å². The van der Waals surface area contributed by atoms with Gasteiger partial charge in [0, 0.05) is 18.8 Å². The summed E-state index contributed by atoms with van der Waals surface area (Å²) in [6.07, 6.45) is 7.40. The Labute approximate surface area is 186 Å². The summed E-state index contributed by atoms with van der Waals surface area (Å²) in [6.45, 7) is 2.84. The molecule has 0 saturated heterocycles. The van der Waals surface area contributed by atoms with E-state index in [9.17, 15) is 14.7 Å². The number of carbonyl (C=O) groups is 1. The topological polar surface area (TPSA) is 65.8 Å². The monoisotopic (exact) mass is 427 g/mol. The van der Waals surface area contributed by atoms with Crippen molar-refractivity contribution < 1.29 is 9.90 Å². The molecule has 1 amide bonds. The van der Waals surface area contributed by atoms with E-state index in [1.54, 1.807) is 15.8 Å². The lowest BCUT2D eigenvalue weighted by atomic mass is 9.80. The SMILES string of the molecule is C[C@@]1(c2ccccc2)c2ccccc2CC/C=C\CN2CN1n1ccc(=O)c(O)c1C2=O. The number of hydrogen-bond acceptors (Lipinski definition) is 4. The highest BCUT2D eigenvalue weighted by atomic mass is 16.3. The quantitative estimate of drug-likeness (QED) is 0.605. The maximum atomic E-state index is 13.3. The van der Waals surface area contributed by atoms with Crippen molar-refractivity contribution in [2.45, 2.75) is 25.3 Å². The van der Waals surface area contributed by atoms with E-state index in [2.05, 4.69) is 48.3 Å². The van der Waals surface area contributed by atoms with Crippen molar-refractivity contribution in [2.24, 2.45) is 0 Å². The van der Waals surface area contributed by atoms with Gasteiger partial charge in [-0.15, -0.1) is 0 Å². The first kappa shape index (κ1) is 20.1. The predicted molar refractivity (Wildman–Crippen MR) is 123 cm³/mol. The molecule has 162 valence electrons. The largest absolute Gasteiger partial charge is 0.502 e. The van der Waals surface area contributed by atoms with Crippen LogP contribution in [0.2, 0.25) is 0 Å². The fraction of sp³-hybridized carbons (Fsp3) is 0.231. The van der Waals surface area contributed by atoms with Crippen molar-refractivity contribution in [3.63, 3.8) is 0 Å². The average Bonchev–Trinajstić information content (AvgIpc) is 2.84. The number of aromatic nitrogens is 1. The lowest BCUT2D eigenvalue weighted by Crippen LogP contribution is -2.61. The van der Waals surface area contributed by atoms with E-state index in [0.29, 0.717) is 13.2 Å². The van der Waals surface area contributed by atoms with Crippen LogP contribution in [0.25, 0.3) is 0 Å². The first-order valence-corrected chi connectivity index (χ1v) is 10.8. The highest BCUT2D eigenvalue weighted by Crippen LogP contribution is 2.39. The number of hydrogen-bond donors (Lipinski definition) is 1. The summed E-state index contributed by atoms with van der Waals surface area (Å²) in [5.41, 5.74) is 2.17. The van der Waals surface area contributed by atoms with Crippen molar-refractivity contribution in [2.75, 3.05) is 18.2 Å². The summed E-state index contributed by atoms with van der Waals surface area (Å²) in [4.78, 5) is 27.2. The minimum atomic E-state index is -0.669. The van der Waals surface area contributed by atoms with Gasteiger partial charge in [-0.05, 0) is 36.5 Å². The number of aromatic hydroxyl groups is 1. The van der Waals surface area contributed by atoms with E-state index in [4.69, 9.17) is 0 Å². The molecular weight excluding hydrogens is 402 g/mol. The fourth-order valence-corrected chi connectivity index (χ4v) is 4.84. The third kappa shape index (κ3) is 3.02. The molecule has 3 heterocycles. The van der Waals surface area contributed by atoms with Gasteiger partial charge in [0.1, 0.15) is 12.2 Å². The first-order chi connectivity index (χ1) is 15.5. The summed E-state index contributed by atoms with van der Waals surface area (Å²) in [5, 5.41) is 12.7. The molecule has 32 heavy (non-hydrogen) atoms. The van der Waals surface area contributed by atoms with E-state index in [1.165, 1.54) is 11.6 Å². The number of rotatable bonds is 1. The summed E-state index contributed by atoms with van der Waals surface area (Å²) >= 11 is 0. The maximum absolute atomic E-state index is 13.3. The van der Waals surface area contributed by atoms with Crippen LogP contribution in [0.15, 0.2) is 83.8 Å². The zero-order valence-corrected chi connectivity index (χ0v) is 17.9. The lowest BCUT2D eigenvalue weighted by molar-refractivity contribution is 0.0685. The van der Waals surface area contributed by atoms with E-state index < -0.39 is 16.7 Å². The van der Waals surface area contributed by atoms with E-state index in [0.717, 1.165) is 24.0 Å². The molecule has 0 unspecified atom stereocenters. The van der Waals surface area contributed by atoms with Gasteiger partial charge in [-0.2, -0.15) is 0 Å². The first-order valence-electron chi connectivity index (χ1n) is 10.8. The number of nitrogens with zero attached hydrogens (tertiary/aromatic N) is 3. The molecule has 0 aliphatic carbocycles. The average molecular weight is 428 g/mol. The van der Waals surface area contributed by atoms with Gasteiger partial charge >= 0.3 is 0 Å². The summed E-state index contributed by atoms with van der Waals surface area (Å²) in [6, 6.07) is 19.8. The third-order valence-corrected chi connectivity index (χ3v) is 6.58. The number of pyridine rings is 1. The summed E-state index contributed by atoms with van der Waals surface area (Å²) in [5.74, 6) is -0.876. The van der Waals surface area contributed by atoms with E-state index in [-0.39, 0.29) is 11.6 Å². The van der Waals surface area contributed by atoms with Crippen LogP contribution >= 0.6 is 0 Å². The second-order valence-electron chi connectivity index (χ2n) is 8.40. The molecular formula is C26H25N3O3. The molecule has 1 aromatic heterocycles. The Morgan fingerprint density at radius 1 is 0.938 bits per heavy atom. The third-order valence-electron chi connectivity index (χ3n) is 6.58. The fourth-order valence-electron chi connectivity index (χ4n) is 4.84. The maximum Gasteiger partial charge on any atom is 0.278 e. The van der Waals surface area contributed by atoms with Crippen LogP contribution in [0.1, 0.15) is 40.5 Å². The number of amides is 1. The zero-order valence-electron chi connectivity index (χ0n) is 17.9. The second kappa shape index (κ2) is 7.71. The predicted octanol–water partition coefficient (Wildman–Crippen LogP) is 3.37. The van der Waals surface area contributed by atoms with Crippen LogP contribution in [-0.2, 0) is 12.0 Å². The number of fused-ring (bicyclic) bond motifs is 5. The normalized spacial score (nSPS) is 21.3. The van der Waals surface area contributed by atoms with Crippen LogP contribution in [-0.4, -0.2) is 33.8 Å². The Bertz CT molecular complexity index is 1260. The Morgan fingerprint density at radius 3 is 2.50 bits per heavy atom. The van der Waals surface area contributed by atoms with Crippen molar-refractivity contribution >= 4 is 5.91 Å². The smallest absolute Gasteiger partial charge is 0.278 e. The summed E-state index contributed by atoms with van der Waals surface area (Å²) in [7, 11) is 0. The Morgan fingerprint density at radius 2 is 1.69 bits per heavy atom. The van der Waals surface area contributed by atoms with Crippen LogP contribution in [0, 0.1) is 0 Å². The number of benzene rings is 2. The van der Waals surface area contributed by atoms with Crippen molar-refractivity contribution in [3.8, 4) is 5.75 Å². The molecule has 0 fully saturated rings. The molecule has 5 rings (SSSR count). The van der Waals surface area contributed by atoms with Crippen LogP contribution in [0.5, 0.6) is 5.75 Å². The van der Waals surface area contributed by atoms with Gasteiger partial charge in [0.05, 0.1) is 0 Å². The molecule has 2 aromatic carbocycles. The molecule has 2 aliphatic rings. The molecule has 0 spiro atoms.